The molecule has 6 rings (SSSR count). The second-order valence-corrected chi connectivity index (χ2v) is 7.64. The molecule has 4 aromatic carbocycles. The Morgan fingerprint density at radius 3 is 1.39 bits per heavy atom. The van der Waals surface area contributed by atoms with Crippen LogP contribution in [0, 0.1) is 0 Å². The number of ether oxygens (including phenoxy) is 1. The molecule has 0 unspecified atom stereocenters. The zero-order valence-corrected chi connectivity index (χ0v) is 17.4. The summed E-state index contributed by atoms with van der Waals surface area (Å²) >= 11 is 0. The van der Waals surface area contributed by atoms with Crippen LogP contribution in [-0.4, -0.2) is 9.97 Å². The van der Waals surface area contributed by atoms with E-state index in [-0.39, 0.29) is 0 Å². The largest absolute Gasteiger partial charge is 0.457 e. The highest BCUT2D eigenvalue weighted by molar-refractivity contribution is 5.79. The maximum Gasteiger partial charge on any atom is 0.227 e. The quantitative estimate of drug-likeness (QED) is 0.315. The van der Waals surface area contributed by atoms with Crippen LogP contribution < -0.4 is 16.2 Å². The first kappa shape index (κ1) is 18.9. The molecular formula is C26H18N4O3. The van der Waals surface area contributed by atoms with Gasteiger partial charge in [0.15, 0.2) is 11.2 Å². The van der Waals surface area contributed by atoms with Crippen LogP contribution in [0.4, 0.5) is 11.4 Å². The second kappa shape index (κ2) is 7.42. The molecular weight excluding hydrogens is 416 g/mol. The number of hydrogen-bond donors (Lipinski definition) is 2. The number of fused-ring (bicyclic) bond motifs is 2. The van der Waals surface area contributed by atoms with E-state index >= 15 is 0 Å². The van der Waals surface area contributed by atoms with Crippen LogP contribution in [0.2, 0.25) is 0 Å². The van der Waals surface area contributed by atoms with Gasteiger partial charge in [-0.1, -0.05) is 0 Å². The first-order valence-electron chi connectivity index (χ1n) is 10.3. The third-order valence-corrected chi connectivity index (χ3v) is 5.27. The summed E-state index contributed by atoms with van der Waals surface area (Å²) in [5.41, 5.74) is 17.4. The topological polar surface area (TPSA) is 113 Å². The van der Waals surface area contributed by atoms with Crippen molar-refractivity contribution in [2.24, 2.45) is 0 Å². The molecule has 0 aliphatic heterocycles. The summed E-state index contributed by atoms with van der Waals surface area (Å²) in [6.45, 7) is 0. The Hall–Kier alpha value is -4.78. The van der Waals surface area contributed by atoms with E-state index in [1.54, 1.807) is 0 Å². The van der Waals surface area contributed by atoms with Crippen LogP contribution in [0.5, 0.6) is 11.5 Å². The van der Waals surface area contributed by atoms with Gasteiger partial charge in [0.25, 0.3) is 0 Å². The van der Waals surface area contributed by atoms with Gasteiger partial charge < -0.3 is 25.0 Å². The Labute approximate surface area is 188 Å². The molecule has 0 fully saturated rings. The van der Waals surface area contributed by atoms with Crippen molar-refractivity contribution in [2.45, 2.75) is 0 Å². The van der Waals surface area contributed by atoms with Crippen molar-refractivity contribution in [3.05, 3.63) is 84.9 Å². The number of hydrogen-bond acceptors (Lipinski definition) is 7. The lowest BCUT2D eigenvalue weighted by Crippen LogP contribution is -1.85. The third-order valence-electron chi connectivity index (χ3n) is 5.27. The van der Waals surface area contributed by atoms with E-state index in [1.807, 2.05) is 84.9 Å². The van der Waals surface area contributed by atoms with Gasteiger partial charge in [0.2, 0.25) is 11.8 Å². The molecule has 0 radical (unpaired) electrons. The van der Waals surface area contributed by atoms with E-state index in [0.717, 1.165) is 11.1 Å². The summed E-state index contributed by atoms with van der Waals surface area (Å²) in [6, 6.07) is 25.8. The van der Waals surface area contributed by atoms with Gasteiger partial charge in [-0.15, -0.1) is 0 Å². The lowest BCUT2D eigenvalue weighted by atomic mass is 10.2. The Morgan fingerprint density at radius 2 is 0.970 bits per heavy atom. The molecule has 2 heterocycles. The Morgan fingerprint density at radius 1 is 0.545 bits per heavy atom. The highest BCUT2D eigenvalue weighted by atomic mass is 16.5. The van der Waals surface area contributed by atoms with Crippen molar-refractivity contribution in [1.82, 2.24) is 9.97 Å². The number of aromatic nitrogens is 2. The van der Waals surface area contributed by atoms with Gasteiger partial charge in [0, 0.05) is 34.6 Å². The van der Waals surface area contributed by atoms with E-state index in [2.05, 4.69) is 9.97 Å². The number of nitrogens with zero attached hydrogens (tertiary/aromatic N) is 2. The smallest absolute Gasteiger partial charge is 0.227 e. The number of nitrogens with two attached hydrogens (primary N) is 2. The Balaban J connectivity index is 1.28. The van der Waals surface area contributed by atoms with Gasteiger partial charge in [0.05, 0.1) is 0 Å². The molecule has 0 saturated carbocycles. The number of anilines is 2. The van der Waals surface area contributed by atoms with Gasteiger partial charge in [-0.3, -0.25) is 0 Å². The minimum Gasteiger partial charge on any atom is -0.457 e. The number of nitrogen functional groups attached to an aromatic ring is 2. The molecule has 33 heavy (non-hydrogen) atoms. The zero-order chi connectivity index (χ0) is 22.4. The molecule has 4 N–H and O–H groups in total. The fourth-order valence-electron chi connectivity index (χ4n) is 3.58. The summed E-state index contributed by atoms with van der Waals surface area (Å²) in [6.07, 6.45) is 0. The van der Waals surface area contributed by atoms with Crippen molar-refractivity contribution >= 4 is 33.6 Å². The van der Waals surface area contributed by atoms with Gasteiger partial charge in [-0.05, 0) is 72.8 Å². The van der Waals surface area contributed by atoms with Crippen LogP contribution in [0.3, 0.4) is 0 Å². The molecule has 160 valence electrons. The van der Waals surface area contributed by atoms with E-state index in [9.17, 15) is 0 Å². The maximum absolute atomic E-state index is 6.06. The highest BCUT2D eigenvalue weighted by Gasteiger charge is 2.12. The van der Waals surface area contributed by atoms with Crippen LogP contribution in [0.1, 0.15) is 0 Å². The predicted molar refractivity (Wildman–Crippen MR) is 128 cm³/mol. The van der Waals surface area contributed by atoms with Crippen LogP contribution in [0.25, 0.3) is 45.1 Å². The standard InChI is InChI=1S/C26H18N4O3/c27-17-5-1-15(2-6-17)25-29-21-13-19(9-11-23(21)32-25)31-20-10-12-24-22(14-20)30-26(33-24)16-3-7-18(28)8-4-16/h1-14H,27-28H2. The first-order chi connectivity index (χ1) is 16.1. The minimum absolute atomic E-state index is 0.529. The highest BCUT2D eigenvalue weighted by Crippen LogP contribution is 2.32. The molecule has 0 amide bonds. The van der Waals surface area contributed by atoms with Crippen LogP contribution >= 0.6 is 0 Å². The maximum atomic E-state index is 6.06. The van der Waals surface area contributed by atoms with Crippen LogP contribution in [0.15, 0.2) is 93.8 Å². The van der Waals surface area contributed by atoms with E-state index < -0.39 is 0 Å². The molecule has 0 spiro atoms. The van der Waals surface area contributed by atoms with Gasteiger partial charge >= 0.3 is 0 Å². The van der Waals surface area contributed by atoms with E-state index in [1.165, 1.54) is 0 Å². The molecule has 2 aromatic heterocycles. The lowest BCUT2D eigenvalue weighted by molar-refractivity contribution is 0.483. The fourth-order valence-corrected chi connectivity index (χ4v) is 3.58. The second-order valence-electron chi connectivity index (χ2n) is 7.64. The summed E-state index contributed by atoms with van der Waals surface area (Å²) in [5, 5.41) is 0. The Bertz CT molecular complexity index is 1480. The first-order valence-corrected chi connectivity index (χ1v) is 10.3. The molecule has 0 aliphatic carbocycles. The molecule has 7 nitrogen and oxygen atoms in total. The summed E-state index contributed by atoms with van der Waals surface area (Å²) in [7, 11) is 0. The Kier molecular flexibility index (Phi) is 4.26. The number of oxazole rings is 2. The van der Waals surface area contributed by atoms with E-state index in [0.29, 0.717) is 56.9 Å². The average molecular weight is 434 g/mol. The molecule has 0 atom stereocenters. The van der Waals surface area contributed by atoms with Gasteiger partial charge in [-0.2, -0.15) is 0 Å². The van der Waals surface area contributed by atoms with Crippen molar-refractivity contribution in [1.29, 1.82) is 0 Å². The summed E-state index contributed by atoms with van der Waals surface area (Å²) in [5.74, 6) is 2.34. The molecule has 0 saturated heterocycles. The SMILES string of the molecule is Nc1ccc(-c2nc3cc(Oc4ccc5oc(-c6ccc(N)cc6)nc5c4)ccc3o2)cc1. The number of benzene rings is 4. The van der Waals surface area contributed by atoms with Gasteiger partial charge in [0.1, 0.15) is 22.5 Å². The predicted octanol–water partition coefficient (Wildman–Crippen LogP) is 6.26. The lowest BCUT2D eigenvalue weighted by Gasteiger charge is -2.04. The molecule has 6 aromatic rings. The monoisotopic (exact) mass is 434 g/mol. The van der Waals surface area contributed by atoms with Crippen molar-refractivity contribution < 1.29 is 13.6 Å². The molecule has 7 heteroatoms. The molecule has 0 aliphatic rings. The van der Waals surface area contributed by atoms with E-state index in [4.69, 9.17) is 25.0 Å². The van der Waals surface area contributed by atoms with Gasteiger partial charge in [-0.25, -0.2) is 9.97 Å². The fraction of sp³-hybridized carbons (Fsp3) is 0. The third kappa shape index (κ3) is 3.61. The normalized spacial score (nSPS) is 11.3. The minimum atomic E-state index is 0.529. The average Bonchev–Trinajstić information content (AvgIpc) is 3.44. The summed E-state index contributed by atoms with van der Waals surface area (Å²) < 4.78 is 17.8. The van der Waals surface area contributed by atoms with Crippen molar-refractivity contribution in [2.75, 3.05) is 11.5 Å². The summed E-state index contributed by atoms with van der Waals surface area (Å²) in [4.78, 5) is 9.17. The van der Waals surface area contributed by atoms with Crippen LogP contribution in [-0.2, 0) is 0 Å². The van der Waals surface area contributed by atoms with Crippen molar-refractivity contribution in [3.63, 3.8) is 0 Å². The zero-order valence-electron chi connectivity index (χ0n) is 17.4. The van der Waals surface area contributed by atoms with Crippen molar-refractivity contribution in [3.8, 4) is 34.4 Å². The molecule has 0 bridgehead atoms. The number of rotatable bonds is 4.